The minimum Gasteiger partial charge on any atom is -1.00 e. The number of fused-ring (bicyclic) bond motifs is 1. The van der Waals surface area contributed by atoms with Crippen molar-refractivity contribution >= 4 is 17.0 Å². The van der Waals surface area contributed by atoms with Crippen molar-refractivity contribution in [2.75, 3.05) is 5.73 Å². The largest absolute Gasteiger partial charge is 1.00 e. The van der Waals surface area contributed by atoms with E-state index in [4.69, 9.17) is 5.73 Å². The molecule has 0 aliphatic rings. The van der Waals surface area contributed by atoms with Crippen LogP contribution in [0.1, 0.15) is 11.1 Å². The van der Waals surface area contributed by atoms with Gasteiger partial charge in [0.2, 0.25) is 0 Å². The number of nitrogens with two attached hydrogens (primary N) is 1. The Kier molecular flexibility index (Phi) is 3.19. The van der Waals surface area contributed by atoms with Gasteiger partial charge < -0.3 is 18.1 Å². The number of pyridine rings is 1. The molecule has 0 aliphatic carbocycles. The number of aromatic nitrogens is 3. The van der Waals surface area contributed by atoms with Gasteiger partial charge in [0.25, 0.3) is 5.56 Å². The lowest BCUT2D eigenvalue weighted by molar-refractivity contribution is -0.647. The number of halogens is 1. The minimum absolute atomic E-state index is 0. The quantitative estimate of drug-likeness (QED) is 0.481. The SMILES string of the molecule is Cc1c[n+](C)c2nc(N)[nH]c(=O)c2c1C.[Cl-]. The molecule has 16 heavy (non-hydrogen) atoms. The maximum absolute atomic E-state index is 11.7. The Morgan fingerprint density at radius 2 is 2.06 bits per heavy atom. The van der Waals surface area contributed by atoms with Crippen molar-refractivity contribution in [3.63, 3.8) is 0 Å². The second-order valence-corrected chi connectivity index (χ2v) is 3.70. The fourth-order valence-corrected chi connectivity index (χ4v) is 1.72. The lowest BCUT2D eigenvalue weighted by Crippen LogP contribution is -3.00. The Hall–Kier alpha value is -1.62. The molecule has 0 aliphatic heterocycles. The van der Waals surface area contributed by atoms with Gasteiger partial charge in [-0.25, -0.2) is 4.57 Å². The van der Waals surface area contributed by atoms with Gasteiger partial charge in [0.05, 0.1) is 13.2 Å². The zero-order valence-electron chi connectivity index (χ0n) is 9.34. The molecule has 0 aromatic carbocycles. The number of hydrogen-bond acceptors (Lipinski definition) is 3. The van der Waals surface area contributed by atoms with Crippen molar-refractivity contribution < 1.29 is 17.0 Å². The van der Waals surface area contributed by atoms with Crippen LogP contribution in [0, 0.1) is 13.8 Å². The first-order chi connectivity index (χ1) is 7.00. The van der Waals surface area contributed by atoms with Gasteiger partial charge in [-0.2, -0.15) is 0 Å². The average Bonchev–Trinajstić information content (AvgIpc) is 2.13. The third kappa shape index (κ3) is 1.74. The third-order valence-electron chi connectivity index (χ3n) is 2.61. The van der Waals surface area contributed by atoms with Crippen LogP contribution in [0.4, 0.5) is 5.95 Å². The van der Waals surface area contributed by atoms with Crippen molar-refractivity contribution in [1.82, 2.24) is 9.97 Å². The molecule has 0 saturated carbocycles. The molecule has 0 amide bonds. The lowest BCUT2D eigenvalue weighted by atomic mass is 10.1. The Morgan fingerprint density at radius 1 is 1.44 bits per heavy atom. The second-order valence-electron chi connectivity index (χ2n) is 3.70. The molecular formula is C10H13ClN4O. The van der Waals surface area contributed by atoms with Gasteiger partial charge in [0, 0.05) is 0 Å². The summed E-state index contributed by atoms with van der Waals surface area (Å²) in [6.45, 7) is 3.87. The molecule has 2 aromatic heterocycles. The molecule has 0 atom stereocenters. The molecule has 0 bridgehead atoms. The molecule has 0 fully saturated rings. The Morgan fingerprint density at radius 3 is 2.69 bits per heavy atom. The van der Waals surface area contributed by atoms with E-state index in [2.05, 4.69) is 9.97 Å². The van der Waals surface area contributed by atoms with Crippen LogP contribution in [0.25, 0.3) is 11.0 Å². The lowest BCUT2D eigenvalue weighted by Gasteiger charge is -2.02. The number of aromatic amines is 1. The first-order valence-corrected chi connectivity index (χ1v) is 4.66. The predicted molar refractivity (Wildman–Crippen MR) is 57.4 cm³/mol. The van der Waals surface area contributed by atoms with Crippen LogP contribution in [0.2, 0.25) is 0 Å². The van der Waals surface area contributed by atoms with E-state index in [9.17, 15) is 4.79 Å². The Labute approximate surface area is 98.7 Å². The smallest absolute Gasteiger partial charge is 0.340 e. The first kappa shape index (κ1) is 12.4. The molecule has 86 valence electrons. The molecule has 2 aromatic rings. The molecule has 0 radical (unpaired) electrons. The van der Waals surface area contributed by atoms with E-state index < -0.39 is 0 Å². The molecule has 2 heterocycles. The summed E-state index contributed by atoms with van der Waals surface area (Å²) >= 11 is 0. The Balaban J connectivity index is 0.00000128. The number of H-pyrrole nitrogens is 1. The van der Waals surface area contributed by atoms with E-state index in [1.165, 1.54) is 0 Å². The van der Waals surface area contributed by atoms with Gasteiger partial charge in [-0.15, -0.1) is 0 Å². The van der Waals surface area contributed by atoms with Crippen molar-refractivity contribution in [1.29, 1.82) is 0 Å². The number of hydrogen-bond donors (Lipinski definition) is 2. The molecule has 5 nitrogen and oxygen atoms in total. The topological polar surface area (TPSA) is 75.7 Å². The van der Waals surface area contributed by atoms with Crippen LogP contribution in [0.15, 0.2) is 11.0 Å². The molecule has 2 rings (SSSR count). The average molecular weight is 241 g/mol. The van der Waals surface area contributed by atoms with E-state index in [0.717, 1.165) is 11.1 Å². The highest BCUT2D eigenvalue weighted by atomic mass is 35.5. The van der Waals surface area contributed by atoms with Gasteiger partial charge in [-0.1, -0.05) is 0 Å². The maximum atomic E-state index is 11.7. The van der Waals surface area contributed by atoms with Gasteiger partial charge in [-0.05, 0) is 30.0 Å². The van der Waals surface area contributed by atoms with Crippen molar-refractivity contribution in [3.05, 3.63) is 27.7 Å². The fraction of sp³-hybridized carbons (Fsp3) is 0.300. The highest BCUT2D eigenvalue weighted by Crippen LogP contribution is 2.12. The van der Waals surface area contributed by atoms with E-state index in [1.807, 2.05) is 31.7 Å². The normalized spacial score (nSPS) is 10.2. The van der Waals surface area contributed by atoms with Crippen LogP contribution in [-0.2, 0) is 7.05 Å². The molecular weight excluding hydrogens is 228 g/mol. The predicted octanol–water partition coefficient (Wildman–Crippen LogP) is -3.05. The fourth-order valence-electron chi connectivity index (χ4n) is 1.72. The van der Waals surface area contributed by atoms with Crippen LogP contribution in [0.3, 0.4) is 0 Å². The number of nitrogen functional groups attached to an aromatic ring is 1. The number of rotatable bonds is 0. The van der Waals surface area contributed by atoms with E-state index in [0.29, 0.717) is 11.0 Å². The second kappa shape index (κ2) is 4.09. The summed E-state index contributed by atoms with van der Waals surface area (Å²) in [5.41, 5.74) is 7.93. The summed E-state index contributed by atoms with van der Waals surface area (Å²) in [6, 6.07) is 0. The minimum atomic E-state index is -0.186. The molecule has 0 unspecified atom stereocenters. The Bertz CT molecular complexity index is 606. The summed E-state index contributed by atoms with van der Waals surface area (Å²) in [5.74, 6) is 0.145. The van der Waals surface area contributed by atoms with Gasteiger partial charge in [0.1, 0.15) is 5.39 Å². The first-order valence-electron chi connectivity index (χ1n) is 4.66. The van der Waals surface area contributed by atoms with Crippen LogP contribution in [0.5, 0.6) is 0 Å². The van der Waals surface area contributed by atoms with Crippen molar-refractivity contribution in [3.8, 4) is 0 Å². The van der Waals surface area contributed by atoms with Gasteiger partial charge in [0.15, 0.2) is 0 Å². The molecule has 0 saturated heterocycles. The summed E-state index contributed by atoms with van der Waals surface area (Å²) in [7, 11) is 1.85. The zero-order valence-corrected chi connectivity index (χ0v) is 10.1. The molecule has 3 N–H and O–H groups in total. The van der Waals surface area contributed by atoms with Crippen molar-refractivity contribution in [2.24, 2.45) is 7.05 Å². The highest BCUT2D eigenvalue weighted by Gasteiger charge is 2.16. The van der Waals surface area contributed by atoms with Crippen LogP contribution < -0.4 is 28.3 Å². The summed E-state index contributed by atoms with van der Waals surface area (Å²) in [5, 5.41) is 0.603. The highest BCUT2D eigenvalue weighted by molar-refractivity contribution is 5.76. The number of anilines is 1. The van der Waals surface area contributed by atoms with E-state index in [1.54, 1.807) is 0 Å². The zero-order chi connectivity index (χ0) is 11.2. The summed E-state index contributed by atoms with van der Waals surface area (Å²) < 4.78 is 1.81. The number of nitrogens with one attached hydrogen (secondary N) is 1. The van der Waals surface area contributed by atoms with E-state index >= 15 is 0 Å². The van der Waals surface area contributed by atoms with Gasteiger partial charge >= 0.3 is 11.6 Å². The van der Waals surface area contributed by atoms with Crippen LogP contribution in [-0.4, -0.2) is 9.97 Å². The summed E-state index contributed by atoms with van der Waals surface area (Å²) in [6.07, 6.45) is 1.93. The molecule has 6 heteroatoms. The molecule has 0 spiro atoms. The van der Waals surface area contributed by atoms with Gasteiger partial charge in [-0.3, -0.25) is 9.78 Å². The maximum Gasteiger partial charge on any atom is 0.340 e. The number of aryl methyl sites for hydroxylation is 3. The third-order valence-corrected chi connectivity index (χ3v) is 2.61. The van der Waals surface area contributed by atoms with E-state index in [-0.39, 0.29) is 23.9 Å². The number of nitrogens with zero attached hydrogens (tertiary/aromatic N) is 2. The van der Waals surface area contributed by atoms with Crippen molar-refractivity contribution in [2.45, 2.75) is 13.8 Å². The monoisotopic (exact) mass is 240 g/mol. The summed E-state index contributed by atoms with van der Waals surface area (Å²) in [4.78, 5) is 18.4. The van der Waals surface area contributed by atoms with Crippen LogP contribution >= 0.6 is 0 Å². The standard InChI is InChI=1S/C10H12N4O.ClH/c1-5-4-14(3)8-7(6(5)2)9(15)13-10(11)12-8;/h4H,1-3H3,(H2,11,13,15);1H.